The van der Waals surface area contributed by atoms with Gasteiger partial charge in [0.25, 0.3) is 0 Å². The van der Waals surface area contributed by atoms with E-state index in [-0.39, 0.29) is 5.82 Å². The molecule has 1 fully saturated rings. The molecule has 1 saturated heterocycles. The van der Waals surface area contributed by atoms with Gasteiger partial charge in [-0.25, -0.2) is 9.37 Å². The molecule has 3 nitrogen and oxygen atoms in total. The molecule has 2 atom stereocenters. The molecule has 0 amide bonds. The number of benzene rings is 1. The summed E-state index contributed by atoms with van der Waals surface area (Å²) >= 11 is 0. The minimum atomic E-state index is -0.271. The SMILES string of the molecule is CC1CCC(c2nc3cc(F)ccc3o2)CN1. The lowest BCUT2D eigenvalue weighted by Gasteiger charge is -2.25. The van der Waals surface area contributed by atoms with Crippen LogP contribution in [0.2, 0.25) is 0 Å². The fourth-order valence-corrected chi connectivity index (χ4v) is 2.30. The first kappa shape index (κ1) is 10.7. The first-order chi connectivity index (χ1) is 8.22. The molecule has 2 unspecified atom stereocenters. The van der Waals surface area contributed by atoms with Crippen LogP contribution in [0.1, 0.15) is 31.6 Å². The largest absolute Gasteiger partial charge is 0.440 e. The zero-order valence-electron chi connectivity index (χ0n) is 9.74. The van der Waals surface area contributed by atoms with Gasteiger partial charge in [0, 0.05) is 24.6 Å². The van der Waals surface area contributed by atoms with Gasteiger partial charge in [-0.1, -0.05) is 0 Å². The zero-order valence-corrected chi connectivity index (χ0v) is 9.74. The molecule has 0 aliphatic carbocycles. The number of hydrogen-bond donors (Lipinski definition) is 1. The lowest BCUT2D eigenvalue weighted by atomic mass is 9.95. The van der Waals surface area contributed by atoms with Gasteiger partial charge in [-0.05, 0) is 31.9 Å². The lowest BCUT2D eigenvalue weighted by Crippen LogP contribution is -2.35. The van der Waals surface area contributed by atoms with Crippen molar-refractivity contribution in [3.63, 3.8) is 0 Å². The minimum Gasteiger partial charge on any atom is -0.440 e. The van der Waals surface area contributed by atoms with Crippen LogP contribution < -0.4 is 5.32 Å². The molecular formula is C13H15FN2O. The van der Waals surface area contributed by atoms with Gasteiger partial charge in [0.15, 0.2) is 11.5 Å². The second-order valence-electron chi connectivity index (χ2n) is 4.75. The maximum absolute atomic E-state index is 13.0. The number of nitrogens with one attached hydrogen (secondary N) is 1. The van der Waals surface area contributed by atoms with E-state index in [1.807, 2.05) is 0 Å². The fraction of sp³-hybridized carbons (Fsp3) is 0.462. The van der Waals surface area contributed by atoms with Gasteiger partial charge >= 0.3 is 0 Å². The van der Waals surface area contributed by atoms with Crippen LogP contribution in [0, 0.1) is 5.82 Å². The van der Waals surface area contributed by atoms with Crippen LogP contribution in [-0.2, 0) is 0 Å². The summed E-state index contributed by atoms with van der Waals surface area (Å²) in [7, 11) is 0. The van der Waals surface area contributed by atoms with E-state index < -0.39 is 0 Å². The summed E-state index contributed by atoms with van der Waals surface area (Å²) in [5.74, 6) is 0.763. The standard InChI is InChI=1S/C13H15FN2O/c1-8-2-3-9(7-15-8)13-16-11-6-10(14)4-5-12(11)17-13/h4-6,8-9,15H,2-3,7H2,1H3. The summed E-state index contributed by atoms with van der Waals surface area (Å²) < 4.78 is 18.7. The molecule has 17 heavy (non-hydrogen) atoms. The molecule has 3 rings (SSSR count). The van der Waals surface area contributed by atoms with Crippen LogP contribution in [0.5, 0.6) is 0 Å². The van der Waals surface area contributed by atoms with Crippen molar-refractivity contribution in [1.29, 1.82) is 0 Å². The summed E-state index contributed by atoms with van der Waals surface area (Å²) in [6, 6.07) is 5.02. The number of piperidine rings is 1. The third kappa shape index (κ3) is 2.05. The Balaban J connectivity index is 1.90. The number of nitrogens with zero attached hydrogens (tertiary/aromatic N) is 1. The number of fused-ring (bicyclic) bond motifs is 1. The minimum absolute atomic E-state index is 0.271. The van der Waals surface area contributed by atoms with Crippen LogP contribution in [0.4, 0.5) is 4.39 Å². The Hall–Kier alpha value is -1.42. The van der Waals surface area contributed by atoms with E-state index in [0.29, 0.717) is 23.1 Å². The van der Waals surface area contributed by atoms with Crippen LogP contribution in [0.15, 0.2) is 22.6 Å². The highest BCUT2D eigenvalue weighted by atomic mass is 19.1. The van der Waals surface area contributed by atoms with Gasteiger partial charge in [-0.2, -0.15) is 0 Å². The van der Waals surface area contributed by atoms with Crippen molar-refractivity contribution < 1.29 is 8.81 Å². The average molecular weight is 234 g/mol. The van der Waals surface area contributed by atoms with Crippen molar-refractivity contribution in [2.24, 2.45) is 0 Å². The van der Waals surface area contributed by atoms with Crippen molar-refractivity contribution in [3.05, 3.63) is 29.9 Å². The highest BCUT2D eigenvalue weighted by Gasteiger charge is 2.23. The molecule has 4 heteroatoms. The highest BCUT2D eigenvalue weighted by molar-refractivity contribution is 5.72. The van der Waals surface area contributed by atoms with Crippen molar-refractivity contribution in [1.82, 2.24) is 10.3 Å². The van der Waals surface area contributed by atoms with E-state index in [9.17, 15) is 4.39 Å². The summed E-state index contributed by atoms with van der Waals surface area (Å²) in [5, 5.41) is 3.41. The number of hydrogen-bond acceptors (Lipinski definition) is 3. The molecule has 1 aliphatic rings. The molecule has 1 N–H and O–H groups in total. The van der Waals surface area contributed by atoms with Crippen molar-refractivity contribution in [2.45, 2.75) is 31.7 Å². The molecule has 0 bridgehead atoms. The molecule has 2 heterocycles. The van der Waals surface area contributed by atoms with Gasteiger partial charge in [0.1, 0.15) is 11.3 Å². The maximum atomic E-state index is 13.0. The molecule has 1 aliphatic heterocycles. The third-order valence-electron chi connectivity index (χ3n) is 3.38. The molecule has 0 radical (unpaired) electrons. The normalized spacial score (nSPS) is 25.3. The van der Waals surface area contributed by atoms with Crippen LogP contribution in [0.25, 0.3) is 11.1 Å². The summed E-state index contributed by atoms with van der Waals surface area (Å²) in [4.78, 5) is 4.38. The Kier molecular flexibility index (Phi) is 2.59. The quantitative estimate of drug-likeness (QED) is 0.824. The molecule has 1 aromatic heterocycles. The van der Waals surface area contributed by atoms with Gasteiger partial charge < -0.3 is 9.73 Å². The molecule has 0 saturated carbocycles. The second kappa shape index (κ2) is 4.11. The smallest absolute Gasteiger partial charge is 0.199 e. The second-order valence-corrected chi connectivity index (χ2v) is 4.75. The van der Waals surface area contributed by atoms with E-state index in [0.717, 1.165) is 25.3 Å². The number of rotatable bonds is 1. The summed E-state index contributed by atoms with van der Waals surface area (Å²) in [6.07, 6.45) is 2.20. The van der Waals surface area contributed by atoms with E-state index in [1.54, 1.807) is 6.07 Å². The van der Waals surface area contributed by atoms with Gasteiger partial charge in [0.2, 0.25) is 0 Å². The lowest BCUT2D eigenvalue weighted by molar-refractivity contribution is 0.342. The Morgan fingerprint density at radius 1 is 1.41 bits per heavy atom. The van der Waals surface area contributed by atoms with Crippen LogP contribution >= 0.6 is 0 Å². The van der Waals surface area contributed by atoms with E-state index in [1.165, 1.54) is 12.1 Å². The first-order valence-corrected chi connectivity index (χ1v) is 6.02. The molecule has 90 valence electrons. The maximum Gasteiger partial charge on any atom is 0.199 e. The van der Waals surface area contributed by atoms with Gasteiger partial charge in [-0.15, -0.1) is 0 Å². The number of aromatic nitrogens is 1. The summed E-state index contributed by atoms with van der Waals surface area (Å²) in [6.45, 7) is 3.06. The van der Waals surface area contributed by atoms with Crippen molar-refractivity contribution >= 4 is 11.1 Å². The molecule has 1 aromatic carbocycles. The van der Waals surface area contributed by atoms with Gasteiger partial charge in [0.05, 0.1) is 0 Å². The van der Waals surface area contributed by atoms with E-state index >= 15 is 0 Å². The van der Waals surface area contributed by atoms with Crippen LogP contribution in [0.3, 0.4) is 0 Å². The van der Waals surface area contributed by atoms with E-state index in [2.05, 4.69) is 17.2 Å². The molecular weight excluding hydrogens is 219 g/mol. The van der Waals surface area contributed by atoms with Crippen molar-refractivity contribution in [3.8, 4) is 0 Å². The van der Waals surface area contributed by atoms with Crippen LogP contribution in [-0.4, -0.2) is 17.6 Å². The average Bonchev–Trinajstić information content (AvgIpc) is 2.72. The first-order valence-electron chi connectivity index (χ1n) is 6.02. The number of halogens is 1. The van der Waals surface area contributed by atoms with Gasteiger partial charge in [-0.3, -0.25) is 0 Å². The summed E-state index contributed by atoms with van der Waals surface area (Å²) in [5.41, 5.74) is 1.28. The Morgan fingerprint density at radius 2 is 2.29 bits per heavy atom. The van der Waals surface area contributed by atoms with Crippen molar-refractivity contribution in [2.75, 3.05) is 6.54 Å². The fourth-order valence-electron chi connectivity index (χ4n) is 2.30. The predicted molar refractivity (Wildman–Crippen MR) is 63.4 cm³/mol. The Morgan fingerprint density at radius 3 is 3.06 bits per heavy atom. The Bertz CT molecular complexity index is 529. The topological polar surface area (TPSA) is 38.1 Å². The monoisotopic (exact) mass is 234 g/mol. The molecule has 2 aromatic rings. The predicted octanol–water partition coefficient (Wildman–Crippen LogP) is 2.82. The highest BCUT2D eigenvalue weighted by Crippen LogP contribution is 2.27. The Labute approximate surface area is 99.0 Å². The third-order valence-corrected chi connectivity index (χ3v) is 3.38. The van der Waals surface area contributed by atoms with E-state index in [4.69, 9.17) is 4.42 Å². The molecule has 0 spiro atoms. The number of oxazole rings is 1. The zero-order chi connectivity index (χ0) is 11.8.